The van der Waals surface area contributed by atoms with Crippen LogP contribution in [-0.4, -0.2) is 78.5 Å². The van der Waals surface area contributed by atoms with E-state index in [1.54, 1.807) is 23.1 Å². The molecule has 0 aliphatic carbocycles. The van der Waals surface area contributed by atoms with Gasteiger partial charge in [0.2, 0.25) is 0 Å². The van der Waals surface area contributed by atoms with E-state index in [-0.39, 0.29) is 33.6 Å². The number of amides is 1. The molecular formula is C26H33F3N2O4. The minimum absolute atomic E-state index is 0. The number of rotatable bonds is 6. The highest BCUT2D eigenvalue weighted by Crippen LogP contribution is 2.39. The fourth-order valence-electron chi connectivity index (χ4n) is 4.97. The summed E-state index contributed by atoms with van der Waals surface area (Å²) in [6.45, 7) is 2.12. The first-order valence-electron chi connectivity index (χ1n) is 11.8. The zero-order chi connectivity index (χ0) is 25.1. The van der Waals surface area contributed by atoms with Crippen molar-refractivity contribution in [2.24, 2.45) is 0 Å². The van der Waals surface area contributed by atoms with Gasteiger partial charge in [0.1, 0.15) is 12.4 Å². The second kappa shape index (κ2) is 10.6. The van der Waals surface area contributed by atoms with Crippen molar-refractivity contribution in [2.45, 2.75) is 37.6 Å². The Morgan fingerprint density at radius 1 is 1.20 bits per heavy atom. The van der Waals surface area contributed by atoms with Crippen LogP contribution in [0.2, 0.25) is 0 Å². The molecule has 1 atom stereocenters. The predicted molar refractivity (Wildman–Crippen MR) is 127 cm³/mol. The molecule has 1 amide bonds. The quantitative estimate of drug-likeness (QED) is 0.652. The maximum Gasteiger partial charge on any atom is 0.401 e. The van der Waals surface area contributed by atoms with E-state index in [0.717, 1.165) is 11.1 Å². The standard InChI is InChI=1S/C26H31F3N2O4.H2/c1-19-15-21(7-8-22(19)34-14-13-32)24(33)31-11-9-25(10-12-31)17-30(18-26(27,28)29)16-23(35-25)20-5-3-2-4-6-20;/h2-8,15,23,32H,9-14,16-18H2,1H3;1H. The van der Waals surface area contributed by atoms with Gasteiger partial charge in [-0.2, -0.15) is 13.2 Å². The largest absolute Gasteiger partial charge is 0.491 e. The zero-order valence-corrected chi connectivity index (χ0v) is 19.8. The van der Waals surface area contributed by atoms with Crippen LogP contribution < -0.4 is 4.74 Å². The summed E-state index contributed by atoms with van der Waals surface area (Å²) in [7, 11) is 0. The van der Waals surface area contributed by atoms with Crippen LogP contribution in [0, 0.1) is 6.92 Å². The van der Waals surface area contributed by atoms with E-state index in [1.807, 2.05) is 37.3 Å². The van der Waals surface area contributed by atoms with Crippen LogP contribution in [0.15, 0.2) is 48.5 Å². The summed E-state index contributed by atoms with van der Waals surface area (Å²) >= 11 is 0. The van der Waals surface area contributed by atoms with E-state index in [9.17, 15) is 18.0 Å². The van der Waals surface area contributed by atoms with Crippen LogP contribution in [0.4, 0.5) is 13.2 Å². The number of halogens is 3. The number of aliphatic hydroxyl groups is 1. The average molecular weight is 495 g/mol. The Morgan fingerprint density at radius 2 is 1.91 bits per heavy atom. The van der Waals surface area contributed by atoms with Gasteiger partial charge in [0.15, 0.2) is 0 Å². The van der Waals surface area contributed by atoms with Gasteiger partial charge >= 0.3 is 6.18 Å². The number of piperidine rings is 1. The lowest BCUT2D eigenvalue weighted by Gasteiger charge is -2.50. The second-order valence-electron chi connectivity index (χ2n) is 9.33. The van der Waals surface area contributed by atoms with Gasteiger partial charge in [-0.25, -0.2) is 0 Å². The number of aryl methyl sites for hydroxylation is 1. The first kappa shape index (κ1) is 25.5. The molecule has 0 bridgehead atoms. The fraction of sp³-hybridized carbons (Fsp3) is 0.500. The molecule has 0 radical (unpaired) electrons. The highest BCUT2D eigenvalue weighted by Gasteiger charge is 2.46. The molecule has 9 heteroatoms. The first-order valence-corrected chi connectivity index (χ1v) is 11.8. The van der Waals surface area contributed by atoms with Crippen molar-refractivity contribution in [1.82, 2.24) is 9.80 Å². The molecule has 6 nitrogen and oxygen atoms in total. The van der Waals surface area contributed by atoms with Crippen molar-refractivity contribution in [3.05, 3.63) is 65.2 Å². The number of alkyl halides is 3. The van der Waals surface area contributed by atoms with E-state index in [0.29, 0.717) is 37.2 Å². The maximum atomic E-state index is 13.3. The van der Waals surface area contributed by atoms with Gasteiger partial charge < -0.3 is 19.5 Å². The summed E-state index contributed by atoms with van der Waals surface area (Å²) in [4.78, 5) is 16.3. The van der Waals surface area contributed by atoms with Gasteiger partial charge in [0, 0.05) is 33.2 Å². The minimum Gasteiger partial charge on any atom is -0.491 e. The lowest BCUT2D eigenvalue weighted by molar-refractivity contribution is -0.205. The normalized spacial score (nSPS) is 20.7. The summed E-state index contributed by atoms with van der Waals surface area (Å²) in [5.41, 5.74) is 1.44. The lowest BCUT2D eigenvalue weighted by atomic mass is 9.87. The summed E-state index contributed by atoms with van der Waals surface area (Å²) in [6, 6.07) is 14.5. The number of carbonyl (C=O) groups excluding carboxylic acids is 1. The second-order valence-corrected chi connectivity index (χ2v) is 9.33. The van der Waals surface area contributed by atoms with Crippen molar-refractivity contribution in [2.75, 3.05) is 45.9 Å². The van der Waals surface area contributed by atoms with Gasteiger partial charge in [-0.05, 0) is 49.1 Å². The van der Waals surface area contributed by atoms with Crippen molar-refractivity contribution in [3.63, 3.8) is 0 Å². The number of hydrogen-bond donors (Lipinski definition) is 1. The van der Waals surface area contributed by atoms with Gasteiger partial charge in [-0.15, -0.1) is 0 Å². The summed E-state index contributed by atoms with van der Waals surface area (Å²) < 4.78 is 51.7. The average Bonchev–Trinajstić information content (AvgIpc) is 2.82. The SMILES string of the molecule is Cc1cc(C(=O)N2CCC3(CC2)CN(CC(F)(F)F)CC(c2ccccc2)O3)ccc1OCCO.[HH]. The summed E-state index contributed by atoms with van der Waals surface area (Å²) in [5.74, 6) is 0.486. The Labute approximate surface area is 204 Å². The molecule has 35 heavy (non-hydrogen) atoms. The smallest absolute Gasteiger partial charge is 0.401 e. The van der Waals surface area contributed by atoms with Crippen LogP contribution in [0.1, 0.15) is 41.9 Å². The molecule has 2 aromatic rings. The number of benzene rings is 2. The predicted octanol–water partition coefficient (Wildman–Crippen LogP) is 4.22. The third kappa shape index (κ3) is 6.34. The molecule has 2 aliphatic heterocycles. The lowest BCUT2D eigenvalue weighted by Crippen LogP contribution is -2.59. The summed E-state index contributed by atoms with van der Waals surface area (Å²) in [6.07, 6.45) is -3.81. The van der Waals surface area contributed by atoms with Crippen molar-refractivity contribution >= 4 is 5.91 Å². The van der Waals surface area contributed by atoms with Crippen LogP contribution in [0.5, 0.6) is 5.75 Å². The van der Waals surface area contributed by atoms with E-state index < -0.39 is 24.4 Å². The van der Waals surface area contributed by atoms with Crippen molar-refractivity contribution in [3.8, 4) is 5.75 Å². The minimum atomic E-state index is -4.29. The third-order valence-electron chi connectivity index (χ3n) is 6.63. The molecule has 0 aromatic heterocycles. The summed E-state index contributed by atoms with van der Waals surface area (Å²) in [5, 5.41) is 8.93. The number of hydrogen-bond acceptors (Lipinski definition) is 5. The van der Waals surface area contributed by atoms with Crippen LogP contribution in [0.3, 0.4) is 0 Å². The fourth-order valence-corrected chi connectivity index (χ4v) is 4.97. The molecule has 192 valence electrons. The molecule has 2 fully saturated rings. The Bertz CT molecular complexity index is 1010. The zero-order valence-electron chi connectivity index (χ0n) is 19.8. The highest BCUT2D eigenvalue weighted by atomic mass is 19.4. The number of ether oxygens (including phenoxy) is 2. The van der Waals surface area contributed by atoms with Gasteiger partial charge in [-0.1, -0.05) is 30.3 Å². The highest BCUT2D eigenvalue weighted by molar-refractivity contribution is 5.94. The molecule has 4 rings (SSSR count). The first-order chi connectivity index (χ1) is 16.7. The number of carbonyl (C=O) groups is 1. The van der Waals surface area contributed by atoms with Gasteiger partial charge in [-0.3, -0.25) is 9.69 Å². The third-order valence-corrected chi connectivity index (χ3v) is 6.63. The molecule has 2 aliphatic rings. The van der Waals surface area contributed by atoms with Crippen LogP contribution in [0.25, 0.3) is 0 Å². The monoisotopic (exact) mass is 494 g/mol. The number of likely N-dealkylation sites (tertiary alicyclic amines) is 1. The Morgan fingerprint density at radius 3 is 2.54 bits per heavy atom. The van der Waals surface area contributed by atoms with E-state index in [1.165, 1.54) is 4.90 Å². The topological polar surface area (TPSA) is 62.2 Å². The van der Waals surface area contributed by atoms with Gasteiger partial charge in [0.25, 0.3) is 5.91 Å². The molecule has 2 saturated heterocycles. The molecule has 2 aromatic carbocycles. The van der Waals surface area contributed by atoms with Crippen LogP contribution >= 0.6 is 0 Å². The molecule has 0 saturated carbocycles. The van der Waals surface area contributed by atoms with Crippen LogP contribution in [-0.2, 0) is 4.74 Å². The number of aliphatic hydroxyl groups excluding tert-OH is 1. The van der Waals surface area contributed by atoms with Crippen molar-refractivity contribution < 1.29 is 34.0 Å². The Hall–Kier alpha value is -2.62. The van der Waals surface area contributed by atoms with E-state index in [4.69, 9.17) is 14.6 Å². The Kier molecular flexibility index (Phi) is 7.68. The Balaban J connectivity index is 0.00000361. The van der Waals surface area contributed by atoms with Crippen molar-refractivity contribution in [1.29, 1.82) is 0 Å². The van der Waals surface area contributed by atoms with E-state index >= 15 is 0 Å². The number of morpholine rings is 1. The molecular weight excluding hydrogens is 461 g/mol. The molecule has 1 unspecified atom stereocenters. The molecule has 2 heterocycles. The number of nitrogens with zero attached hydrogens (tertiary/aromatic N) is 2. The van der Waals surface area contributed by atoms with E-state index in [2.05, 4.69) is 0 Å². The van der Waals surface area contributed by atoms with Gasteiger partial charge in [0.05, 0.1) is 24.9 Å². The maximum absolute atomic E-state index is 13.3. The molecule has 1 N–H and O–H groups in total. The molecule has 1 spiro atoms.